The van der Waals surface area contributed by atoms with Gasteiger partial charge in [0, 0.05) is 6.54 Å². The first-order valence-corrected chi connectivity index (χ1v) is 7.72. The summed E-state index contributed by atoms with van der Waals surface area (Å²) in [5.41, 5.74) is 8.59. The average Bonchev–Trinajstić information content (AvgIpc) is 2.58. The van der Waals surface area contributed by atoms with Crippen molar-refractivity contribution in [2.75, 3.05) is 26.7 Å². The molecular weight excluding hydrogens is 272 g/mol. The Labute approximate surface area is 132 Å². The normalized spacial score (nSPS) is 11.4. The molecule has 2 aromatic carbocycles. The molecule has 4 heteroatoms. The van der Waals surface area contributed by atoms with Crippen LogP contribution in [0, 0.1) is 0 Å². The molecule has 116 valence electrons. The minimum absolute atomic E-state index is 0.755. The van der Waals surface area contributed by atoms with Crippen molar-refractivity contribution in [1.82, 2.24) is 4.90 Å². The van der Waals surface area contributed by atoms with Crippen molar-refractivity contribution >= 4 is 11.4 Å². The van der Waals surface area contributed by atoms with Crippen LogP contribution < -0.4 is 5.73 Å². The summed E-state index contributed by atoms with van der Waals surface area (Å²) < 4.78 is 0. The highest BCUT2D eigenvalue weighted by molar-refractivity contribution is 5.41. The monoisotopic (exact) mass is 296 g/mol. The zero-order valence-corrected chi connectivity index (χ0v) is 13.2. The van der Waals surface area contributed by atoms with Gasteiger partial charge in [0.25, 0.3) is 0 Å². The van der Waals surface area contributed by atoms with E-state index in [1.807, 2.05) is 42.5 Å². The molecule has 0 spiro atoms. The smallest absolute Gasteiger partial charge is 0.0857 e. The lowest BCUT2D eigenvalue weighted by molar-refractivity contribution is 0.335. The zero-order valence-electron chi connectivity index (χ0n) is 13.2. The van der Waals surface area contributed by atoms with Crippen LogP contribution in [-0.4, -0.2) is 31.6 Å². The Morgan fingerprint density at radius 2 is 1.50 bits per heavy atom. The summed E-state index contributed by atoms with van der Waals surface area (Å²) in [5, 5.41) is 8.47. The topological polar surface area (TPSA) is 54.0 Å². The molecule has 0 saturated heterocycles. The second kappa shape index (κ2) is 9.07. The molecule has 0 atom stereocenters. The molecule has 2 rings (SSSR count). The highest BCUT2D eigenvalue weighted by Gasteiger charge is 1.99. The van der Waals surface area contributed by atoms with Gasteiger partial charge in [-0.15, -0.1) is 0 Å². The summed E-state index contributed by atoms with van der Waals surface area (Å²) in [7, 11) is 2.14. The van der Waals surface area contributed by atoms with Crippen molar-refractivity contribution in [3.05, 3.63) is 60.2 Å². The molecule has 0 unspecified atom stereocenters. The third kappa shape index (κ3) is 5.76. The van der Waals surface area contributed by atoms with Gasteiger partial charge < -0.3 is 10.6 Å². The number of rotatable bonds is 8. The lowest BCUT2D eigenvalue weighted by Crippen LogP contribution is -2.24. The van der Waals surface area contributed by atoms with Gasteiger partial charge in [-0.1, -0.05) is 30.3 Å². The maximum absolute atomic E-state index is 5.53. The second-order valence-corrected chi connectivity index (χ2v) is 5.40. The van der Waals surface area contributed by atoms with E-state index >= 15 is 0 Å². The maximum Gasteiger partial charge on any atom is 0.0857 e. The molecule has 0 fully saturated rings. The van der Waals surface area contributed by atoms with Crippen molar-refractivity contribution in [3.63, 3.8) is 0 Å². The summed E-state index contributed by atoms with van der Waals surface area (Å²) >= 11 is 0. The molecule has 0 bridgehead atoms. The van der Waals surface area contributed by atoms with Crippen molar-refractivity contribution in [1.29, 1.82) is 0 Å². The van der Waals surface area contributed by atoms with E-state index in [2.05, 4.69) is 34.3 Å². The van der Waals surface area contributed by atoms with Crippen LogP contribution in [0.2, 0.25) is 0 Å². The molecule has 0 aromatic heterocycles. The van der Waals surface area contributed by atoms with Gasteiger partial charge in [-0.3, -0.25) is 0 Å². The van der Waals surface area contributed by atoms with Gasteiger partial charge in [-0.2, -0.15) is 10.2 Å². The van der Waals surface area contributed by atoms with Gasteiger partial charge in [0.05, 0.1) is 11.4 Å². The Morgan fingerprint density at radius 3 is 2.14 bits per heavy atom. The van der Waals surface area contributed by atoms with Gasteiger partial charge in [0.15, 0.2) is 0 Å². The van der Waals surface area contributed by atoms with E-state index in [1.165, 1.54) is 5.56 Å². The Kier molecular flexibility index (Phi) is 6.74. The molecule has 0 saturated carbocycles. The van der Waals surface area contributed by atoms with Gasteiger partial charge in [0.2, 0.25) is 0 Å². The van der Waals surface area contributed by atoms with Crippen molar-refractivity contribution in [3.8, 4) is 0 Å². The van der Waals surface area contributed by atoms with Gasteiger partial charge >= 0.3 is 0 Å². The van der Waals surface area contributed by atoms with E-state index in [1.54, 1.807) is 0 Å². The Hall–Kier alpha value is -2.04. The molecule has 0 heterocycles. The maximum atomic E-state index is 5.53. The summed E-state index contributed by atoms with van der Waals surface area (Å²) in [6.45, 7) is 2.86. The van der Waals surface area contributed by atoms with Gasteiger partial charge in [-0.25, -0.2) is 0 Å². The fourth-order valence-corrected chi connectivity index (χ4v) is 2.13. The number of benzene rings is 2. The van der Waals surface area contributed by atoms with Gasteiger partial charge in [-0.05, 0) is 62.8 Å². The lowest BCUT2D eigenvalue weighted by atomic mass is 10.1. The zero-order chi connectivity index (χ0) is 15.6. The minimum atomic E-state index is 0.755. The van der Waals surface area contributed by atoms with Crippen LogP contribution in [-0.2, 0) is 6.42 Å². The van der Waals surface area contributed by atoms with E-state index < -0.39 is 0 Å². The second-order valence-electron chi connectivity index (χ2n) is 5.40. The molecule has 0 radical (unpaired) electrons. The number of hydrogen-bond donors (Lipinski definition) is 1. The van der Waals surface area contributed by atoms with Crippen LogP contribution in [0.25, 0.3) is 0 Å². The number of likely N-dealkylation sites (N-methyl/N-ethyl adjacent to an activating group) is 1. The number of azo groups is 1. The fourth-order valence-electron chi connectivity index (χ4n) is 2.13. The molecule has 4 nitrogen and oxygen atoms in total. The van der Waals surface area contributed by atoms with Gasteiger partial charge in [0.1, 0.15) is 0 Å². The van der Waals surface area contributed by atoms with Crippen molar-refractivity contribution < 1.29 is 0 Å². The molecular formula is C18H24N4. The number of nitrogens with zero attached hydrogens (tertiary/aromatic N) is 3. The Morgan fingerprint density at radius 1 is 0.864 bits per heavy atom. The van der Waals surface area contributed by atoms with E-state index in [4.69, 9.17) is 5.73 Å². The molecule has 2 aromatic rings. The Bertz CT molecular complexity index is 563. The molecule has 0 aliphatic heterocycles. The highest BCUT2D eigenvalue weighted by atomic mass is 15.1. The van der Waals surface area contributed by atoms with E-state index in [0.717, 1.165) is 43.9 Å². The molecule has 0 aliphatic carbocycles. The SMILES string of the molecule is CN(CCCN)CCc1ccc(N=Nc2ccccc2)cc1. The number of hydrogen-bond acceptors (Lipinski definition) is 4. The van der Waals surface area contributed by atoms with Crippen molar-refractivity contribution in [2.24, 2.45) is 16.0 Å². The third-order valence-electron chi connectivity index (χ3n) is 3.50. The largest absolute Gasteiger partial charge is 0.330 e. The van der Waals surface area contributed by atoms with E-state index in [-0.39, 0.29) is 0 Å². The first-order chi connectivity index (χ1) is 10.8. The minimum Gasteiger partial charge on any atom is -0.330 e. The van der Waals surface area contributed by atoms with E-state index in [9.17, 15) is 0 Å². The molecule has 2 N–H and O–H groups in total. The summed E-state index contributed by atoms with van der Waals surface area (Å²) in [5.74, 6) is 0. The highest BCUT2D eigenvalue weighted by Crippen LogP contribution is 2.18. The quantitative estimate of drug-likeness (QED) is 0.750. The first kappa shape index (κ1) is 16.3. The van der Waals surface area contributed by atoms with Crippen LogP contribution >= 0.6 is 0 Å². The third-order valence-corrected chi connectivity index (χ3v) is 3.50. The molecule has 22 heavy (non-hydrogen) atoms. The van der Waals surface area contributed by atoms with Crippen LogP contribution in [0.1, 0.15) is 12.0 Å². The van der Waals surface area contributed by atoms with Crippen LogP contribution in [0.15, 0.2) is 64.8 Å². The molecule has 0 amide bonds. The summed E-state index contributed by atoms with van der Waals surface area (Å²) in [6.07, 6.45) is 2.09. The Balaban J connectivity index is 1.84. The summed E-state index contributed by atoms with van der Waals surface area (Å²) in [6, 6.07) is 18.0. The lowest BCUT2D eigenvalue weighted by Gasteiger charge is -2.15. The fraction of sp³-hybridized carbons (Fsp3) is 0.333. The molecule has 0 aliphatic rings. The first-order valence-electron chi connectivity index (χ1n) is 7.72. The predicted octanol–water partition coefficient (Wildman–Crippen LogP) is 3.93. The van der Waals surface area contributed by atoms with E-state index in [0.29, 0.717) is 0 Å². The van der Waals surface area contributed by atoms with Crippen LogP contribution in [0.4, 0.5) is 11.4 Å². The predicted molar refractivity (Wildman–Crippen MR) is 91.9 cm³/mol. The summed E-state index contributed by atoms with van der Waals surface area (Å²) in [4.78, 5) is 2.32. The van der Waals surface area contributed by atoms with Crippen LogP contribution in [0.3, 0.4) is 0 Å². The number of nitrogens with two attached hydrogens (primary N) is 1. The average molecular weight is 296 g/mol. The van der Waals surface area contributed by atoms with Crippen LogP contribution in [0.5, 0.6) is 0 Å². The standard InChI is InChI=1S/C18H24N4/c1-22(14-5-13-19)15-12-16-8-10-18(11-9-16)21-20-17-6-3-2-4-7-17/h2-4,6-11H,5,12-15,19H2,1H3. The van der Waals surface area contributed by atoms with Crippen molar-refractivity contribution in [2.45, 2.75) is 12.8 Å².